The Kier molecular flexibility index (Phi) is 15.3. The normalized spacial score (nSPS) is 13.1. The van der Waals surface area contributed by atoms with Gasteiger partial charge in [-0.3, -0.25) is 4.18 Å². The van der Waals surface area contributed by atoms with E-state index >= 15 is 0 Å². The summed E-state index contributed by atoms with van der Waals surface area (Å²) in [6.07, 6.45) is 0.956. The molecule has 12 heteroatoms. The highest BCUT2D eigenvalue weighted by atomic mass is 35.5. The summed E-state index contributed by atoms with van der Waals surface area (Å²) >= 11 is 8.32. The Morgan fingerprint density at radius 2 is 1.66 bits per heavy atom. The lowest BCUT2D eigenvalue weighted by molar-refractivity contribution is -0.0570. The van der Waals surface area contributed by atoms with Crippen molar-refractivity contribution in [2.24, 2.45) is 0 Å². The summed E-state index contributed by atoms with van der Waals surface area (Å²) in [5.74, 6) is 0.492. The van der Waals surface area contributed by atoms with E-state index in [0.717, 1.165) is 26.7 Å². The van der Waals surface area contributed by atoms with Gasteiger partial charge in [0.2, 0.25) is 0 Å². The predicted octanol–water partition coefficient (Wildman–Crippen LogP) is 8.03. The highest BCUT2D eigenvalue weighted by molar-refractivity contribution is 7.99. The third-order valence-electron chi connectivity index (χ3n) is 6.91. The second-order valence-corrected chi connectivity index (χ2v) is 15.3. The van der Waals surface area contributed by atoms with Crippen molar-refractivity contribution in [3.05, 3.63) is 88.9 Å². The van der Waals surface area contributed by atoms with E-state index < -0.39 is 27.4 Å². The molecule has 0 aromatic heterocycles. The van der Waals surface area contributed by atoms with Crippen LogP contribution in [0.15, 0.2) is 82.6 Å². The highest BCUT2D eigenvalue weighted by Crippen LogP contribution is 2.33. The predicted molar refractivity (Wildman–Crippen MR) is 186 cm³/mol. The van der Waals surface area contributed by atoms with Gasteiger partial charge in [0, 0.05) is 21.9 Å². The number of hydrogen-bond donors (Lipinski definition) is 1. The van der Waals surface area contributed by atoms with Crippen molar-refractivity contribution in [1.82, 2.24) is 5.32 Å². The second-order valence-electron chi connectivity index (χ2n) is 12.0. The molecular weight excluding hydrogens is 662 g/mol. The van der Waals surface area contributed by atoms with Gasteiger partial charge in [-0.25, -0.2) is 4.79 Å². The van der Waals surface area contributed by atoms with Crippen molar-refractivity contribution in [2.45, 2.75) is 80.9 Å². The van der Waals surface area contributed by atoms with Crippen LogP contribution in [0.3, 0.4) is 0 Å². The van der Waals surface area contributed by atoms with Gasteiger partial charge in [0.25, 0.3) is 10.1 Å². The number of benzene rings is 3. The molecule has 1 atom stereocenters. The number of hydrogen-bond acceptors (Lipinski definition) is 9. The molecule has 47 heavy (non-hydrogen) atoms. The Morgan fingerprint density at radius 1 is 0.957 bits per heavy atom. The molecule has 0 saturated heterocycles. The van der Waals surface area contributed by atoms with Gasteiger partial charge in [0.15, 0.2) is 0 Å². The SMILES string of the molecule is CCOS(=O)(=O)CCC(CCCc1ccc(Sc2ccc(OCc3ccccc3)cc2)cc1Cl)(COCOC)NC(=O)OC(C)(C)C. The number of alkyl carbamates (subject to hydrolysis) is 1. The summed E-state index contributed by atoms with van der Waals surface area (Å²) in [5.41, 5.74) is 0.238. The zero-order chi connectivity index (χ0) is 34.3. The lowest BCUT2D eigenvalue weighted by Crippen LogP contribution is -2.54. The number of halogens is 1. The summed E-state index contributed by atoms with van der Waals surface area (Å²) < 4.78 is 52.0. The molecule has 0 saturated carbocycles. The molecule has 0 bridgehead atoms. The molecular formula is C35H46ClNO8S2. The van der Waals surface area contributed by atoms with Gasteiger partial charge in [-0.05, 0) is 101 Å². The number of rotatable bonds is 19. The maximum atomic E-state index is 12.9. The Labute approximate surface area is 288 Å². The highest BCUT2D eigenvalue weighted by Gasteiger charge is 2.35. The van der Waals surface area contributed by atoms with Gasteiger partial charge < -0.3 is 24.3 Å². The number of methoxy groups -OCH3 is 1. The zero-order valence-corrected chi connectivity index (χ0v) is 30.1. The van der Waals surface area contributed by atoms with Crippen LogP contribution >= 0.6 is 23.4 Å². The van der Waals surface area contributed by atoms with E-state index in [1.807, 2.05) is 72.8 Å². The Hall–Kier alpha value is -2.80. The quantitative estimate of drug-likeness (QED) is 0.0752. The largest absolute Gasteiger partial charge is 0.489 e. The van der Waals surface area contributed by atoms with Crippen LogP contribution in [-0.4, -0.2) is 58.5 Å². The van der Waals surface area contributed by atoms with Gasteiger partial charge in [0.05, 0.1) is 24.5 Å². The molecule has 1 amide bonds. The minimum absolute atomic E-state index is 0.0150. The Morgan fingerprint density at radius 3 is 2.30 bits per heavy atom. The van der Waals surface area contributed by atoms with E-state index in [1.165, 1.54) is 7.11 Å². The fourth-order valence-corrected chi connectivity index (χ4v) is 7.04. The molecule has 0 aliphatic carbocycles. The van der Waals surface area contributed by atoms with Crippen LogP contribution in [0.5, 0.6) is 5.75 Å². The maximum absolute atomic E-state index is 12.9. The van der Waals surface area contributed by atoms with Crippen LogP contribution in [-0.2, 0) is 41.5 Å². The first-order chi connectivity index (χ1) is 22.3. The van der Waals surface area contributed by atoms with Crippen LogP contribution < -0.4 is 10.1 Å². The average Bonchev–Trinajstić information content (AvgIpc) is 3.00. The third-order valence-corrected chi connectivity index (χ3v) is 9.56. The van der Waals surface area contributed by atoms with Crippen LogP contribution in [0.4, 0.5) is 4.79 Å². The van der Waals surface area contributed by atoms with E-state index in [2.05, 4.69) is 5.32 Å². The molecule has 0 fully saturated rings. The summed E-state index contributed by atoms with van der Waals surface area (Å²) in [5, 5.41) is 3.53. The maximum Gasteiger partial charge on any atom is 0.408 e. The number of aryl methyl sites for hydroxylation is 1. The third kappa shape index (κ3) is 14.5. The number of carbonyl (C=O) groups is 1. The molecule has 0 radical (unpaired) electrons. The van der Waals surface area contributed by atoms with Crippen molar-refractivity contribution >= 4 is 39.6 Å². The van der Waals surface area contributed by atoms with Crippen molar-refractivity contribution in [2.75, 3.05) is 32.9 Å². The topological polar surface area (TPSA) is 109 Å². The van der Waals surface area contributed by atoms with Gasteiger partial charge >= 0.3 is 6.09 Å². The van der Waals surface area contributed by atoms with Crippen LogP contribution in [0.2, 0.25) is 5.02 Å². The molecule has 9 nitrogen and oxygen atoms in total. The summed E-state index contributed by atoms with van der Waals surface area (Å²) in [7, 11) is -2.32. The standard InChI is InChI=1S/C35H46ClNO8S2/c1-6-44-47(39,40)22-21-35(25-42-26-41-5,37-33(38)45-34(2,3)4)20-10-13-28-14-17-31(23-32(28)36)46-30-18-15-29(16-19-30)43-24-27-11-8-7-9-12-27/h7-9,11-12,14-19,23H,6,10,13,20-22,24-26H2,1-5H3,(H,37,38). The monoisotopic (exact) mass is 707 g/mol. The average molecular weight is 708 g/mol. The van der Waals surface area contributed by atoms with Gasteiger partial charge in [-0.2, -0.15) is 8.42 Å². The minimum Gasteiger partial charge on any atom is -0.489 e. The fraction of sp³-hybridized carbons (Fsp3) is 0.457. The molecule has 1 unspecified atom stereocenters. The van der Waals surface area contributed by atoms with Crippen molar-refractivity contribution in [3.63, 3.8) is 0 Å². The minimum atomic E-state index is -3.81. The smallest absolute Gasteiger partial charge is 0.408 e. The van der Waals surface area contributed by atoms with Gasteiger partial charge in [0.1, 0.15) is 24.8 Å². The number of amides is 1. The first-order valence-electron chi connectivity index (χ1n) is 15.5. The first-order valence-corrected chi connectivity index (χ1v) is 18.3. The zero-order valence-electron chi connectivity index (χ0n) is 27.8. The van der Waals surface area contributed by atoms with E-state index in [1.54, 1.807) is 39.5 Å². The Balaban J connectivity index is 1.66. The first kappa shape index (κ1) is 38.6. The van der Waals surface area contributed by atoms with Gasteiger partial charge in [-0.15, -0.1) is 0 Å². The van der Waals surface area contributed by atoms with Gasteiger partial charge in [-0.1, -0.05) is 59.8 Å². The molecule has 1 N–H and O–H groups in total. The lowest BCUT2D eigenvalue weighted by atomic mass is 9.89. The summed E-state index contributed by atoms with van der Waals surface area (Å²) in [6, 6.07) is 23.9. The number of nitrogens with one attached hydrogen (secondary N) is 1. The molecule has 0 spiro atoms. The molecule has 258 valence electrons. The molecule has 3 rings (SSSR count). The molecule has 0 aliphatic heterocycles. The fourth-order valence-electron chi connectivity index (χ4n) is 4.72. The van der Waals surface area contributed by atoms with Crippen molar-refractivity contribution in [1.29, 1.82) is 0 Å². The van der Waals surface area contributed by atoms with E-state index in [-0.39, 0.29) is 32.2 Å². The van der Waals surface area contributed by atoms with Crippen LogP contribution in [0.25, 0.3) is 0 Å². The van der Waals surface area contributed by atoms with E-state index in [0.29, 0.717) is 30.9 Å². The van der Waals surface area contributed by atoms with E-state index in [9.17, 15) is 13.2 Å². The number of carbonyl (C=O) groups excluding carboxylic acids is 1. The van der Waals surface area contributed by atoms with Crippen molar-refractivity contribution < 1.29 is 36.3 Å². The summed E-state index contributed by atoms with van der Waals surface area (Å²) in [4.78, 5) is 15.0. The van der Waals surface area contributed by atoms with Crippen LogP contribution in [0, 0.1) is 0 Å². The molecule has 0 heterocycles. The summed E-state index contributed by atoms with van der Waals surface area (Å²) in [6.45, 7) is 7.41. The second kappa shape index (κ2) is 18.7. The van der Waals surface area contributed by atoms with Crippen LogP contribution in [0.1, 0.15) is 58.1 Å². The Bertz CT molecular complexity index is 1500. The lowest BCUT2D eigenvalue weighted by Gasteiger charge is -2.35. The number of ether oxygens (including phenoxy) is 4. The van der Waals surface area contributed by atoms with Crippen molar-refractivity contribution in [3.8, 4) is 5.75 Å². The molecule has 0 aliphatic rings. The van der Waals surface area contributed by atoms with E-state index in [4.69, 9.17) is 34.7 Å². The molecule has 3 aromatic carbocycles. The molecule has 3 aromatic rings.